The summed E-state index contributed by atoms with van der Waals surface area (Å²) in [4.78, 5) is 1.22. The lowest BCUT2D eigenvalue weighted by atomic mass is 10.1. The van der Waals surface area contributed by atoms with Gasteiger partial charge in [-0.3, -0.25) is 0 Å². The van der Waals surface area contributed by atoms with Gasteiger partial charge in [-0.1, -0.05) is 54.9 Å². The fraction of sp³-hybridized carbons (Fsp3) is 0.333. The summed E-state index contributed by atoms with van der Waals surface area (Å²) >= 11 is 8.25. The lowest BCUT2D eigenvalue weighted by molar-refractivity contribution is 0.570. The molecule has 0 amide bonds. The van der Waals surface area contributed by atoms with Crippen LogP contribution < -0.4 is 5.32 Å². The first-order chi connectivity index (χ1) is 10.2. The standard InChI is InChI=1S/C18H22ClNS/c1-3-11-20-14(2)17-10-9-16(12-18(17)19)21-13-15-7-5-4-6-8-15/h4-10,12,14,20H,3,11,13H2,1-2H3. The third-order valence-corrected chi connectivity index (χ3v) is 4.78. The molecule has 0 heterocycles. The van der Waals surface area contributed by atoms with E-state index in [9.17, 15) is 0 Å². The molecular formula is C18H22ClNS. The van der Waals surface area contributed by atoms with Crippen molar-refractivity contribution in [3.05, 3.63) is 64.7 Å². The Morgan fingerprint density at radius 3 is 2.57 bits per heavy atom. The van der Waals surface area contributed by atoms with Gasteiger partial charge in [-0.15, -0.1) is 11.8 Å². The Bertz CT molecular complexity index is 556. The van der Waals surface area contributed by atoms with Crippen LogP contribution in [-0.4, -0.2) is 6.54 Å². The van der Waals surface area contributed by atoms with Crippen LogP contribution in [0.3, 0.4) is 0 Å². The summed E-state index contributed by atoms with van der Waals surface area (Å²) in [6.45, 7) is 5.35. The maximum absolute atomic E-state index is 6.43. The summed E-state index contributed by atoms with van der Waals surface area (Å²) in [5, 5.41) is 4.33. The van der Waals surface area contributed by atoms with Gasteiger partial charge in [-0.25, -0.2) is 0 Å². The summed E-state index contributed by atoms with van der Waals surface area (Å²) in [7, 11) is 0. The van der Waals surface area contributed by atoms with Crippen molar-refractivity contribution in [2.45, 2.75) is 37.0 Å². The molecule has 1 nitrogen and oxygen atoms in total. The monoisotopic (exact) mass is 319 g/mol. The average molecular weight is 320 g/mol. The third-order valence-electron chi connectivity index (χ3n) is 3.39. The molecule has 0 saturated carbocycles. The molecule has 1 atom stereocenters. The number of hydrogen-bond donors (Lipinski definition) is 1. The minimum Gasteiger partial charge on any atom is -0.310 e. The number of rotatable bonds is 7. The lowest BCUT2D eigenvalue weighted by Crippen LogP contribution is -2.19. The van der Waals surface area contributed by atoms with Crippen LogP contribution in [0.4, 0.5) is 0 Å². The average Bonchev–Trinajstić information content (AvgIpc) is 2.51. The quantitative estimate of drug-likeness (QED) is 0.658. The van der Waals surface area contributed by atoms with Gasteiger partial charge in [0, 0.05) is 21.7 Å². The highest BCUT2D eigenvalue weighted by molar-refractivity contribution is 7.98. The molecule has 1 unspecified atom stereocenters. The summed E-state index contributed by atoms with van der Waals surface area (Å²) < 4.78 is 0. The Hall–Kier alpha value is -0.960. The number of benzene rings is 2. The fourth-order valence-electron chi connectivity index (χ4n) is 2.16. The second-order valence-electron chi connectivity index (χ2n) is 5.13. The van der Waals surface area contributed by atoms with Crippen molar-refractivity contribution in [1.82, 2.24) is 5.32 Å². The molecule has 0 aliphatic carbocycles. The maximum Gasteiger partial charge on any atom is 0.0464 e. The van der Waals surface area contributed by atoms with Crippen molar-refractivity contribution in [2.75, 3.05) is 6.54 Å². The minimum absolute atomic E-state index is 0.297. The molecule has 2 rings (SSSR count). The van der Waals surface area contributed by atoms with E-state index in [1.165, 1.54) is 16.0 Å². The van der Waals surface area contributed by atoms with Crippen LogP contribution in [0.5, 0.6) is 0 Å². The van der Waals surface area contributed by atoms with Gasteiger partial charge in [-0.05, 0) is 43.1 Å². The van der Waals surface area contributed by atoms with E-state index < -0.39 is 0 Å². The predicted octanol–water partition coefficient (Wildman–Crippen LogP) is 5.69. The second kappa shape index (κ2) is 8.47. The van der Waals surface area contributed by atoms with Crippen LogP contribution in [0.2, 0.25) is 5.02 Å². The number of halogens is 1. The van der Waals surface area contributed by atoms with Gasteiger partial charge >= 0.3 is 0 Å². The van der Waals surface area contributed by atoms with E-state index in [1.807, 2.05) is 17.8 Å². The molecule has 21 heavy (non-hydrogen) atoms. The topological polar surface area (TPSA) is 12.0 Å². The molecule has 112 valence electrons. The molecule has 0 fully saturated rings. The highest BCUT2D eigenvalue weighted by Crippen LogP contribution is 2.30. The van der Waals surface area contributed by atoms with Crippen LogP contribution in [0.15, 0.2) is 53.4 Å². The van der Waals surface area contributed by atoms with E-state index in [4.69, 9.17) is 11.6 Å². The Labute approximate surface area is 137 Å². The van der Waals surface area contributed by atoms with Crippen molar-refractivity contribution in [3.8, 4) is 0 Å². The van der Waals surface area contributed by atoms with Crippen LogP contribution in [0, 0.1) is 0 Å². The molecule has 0 saturated heterocycles. The van der Waals surface area contributed by atoms with Crippen molar-refractivity contribution in [2.24, 2.45) is 0 Å². The SMILES string of the molecule is CCCNC(C)c1ccc(SCc2ccccc2)cc1Cl. The summed E-state index contributed by atoms with van der Waals surface area (Å²) in [6, 6.07) is 17.2. The molecule has 0 aliphatic rings. The van der Waals surface area contributed by atoms with Crippen LogP contribution in [0.1, 0.15) is 37.4 Å². The van der Waals surface area contributed by atoms with E-state index in [1.54, 1.807) is 0 Å². The number of hydrogen-bond acceptors (Lipinski definition) is 2. The number of thioether (sulfide) groups is 1. The fourth-order valence-corrected chi connectivity index (χ4v) is 3.46. The van der Waals surface area contributed by atoms with Gasteiger partial charge in [0.15, 0.2) is 0 Å². The van der Waals surface area contributed by atoms with E-state index in [2.05, 4.69) is 61.6 Å². The molecule has 0 radical (unpaired) electrons. The minimum atomic E-state index is 0.297. The van der Waals surface area contributed by atoms with Gasteiger partial charge in [0.05, 0.1) is 0 Å². The number of nitrogens with one attached hydrogen (secondary N) is 1. The molecule has 0 spiro atoms. The van der Waals surface area contributed by atoms with E-state index in [0.717, 1.165) is 23.7 Å². The Morgan fingerprint density at radius 1 is 1.14 bits per heavy atom. The summed E-state index contributed by atoms with van der Waals surface area (Å²) in [5.41, 5.74) is 2.51. The molecule has 0 bridgehead atoms. The van der Waals surface area contributed by atoms with Gasteiger partial charge in [0.2, 0.25) is 0 Å². The summed E-state index contributed by atoms with van der Waals surface area (Å²) in [6.07, 6.45) is 1.13. The molecular weight excluding hydrogens is 298 g/mol. The first-order valence-corrected chi connectivity index (χ1v) is 8.76. The first kappa shape index (κ1) is 16.4. The lowest BCUT2D eigenvalue weighted by Gasteiger charge is -2.16. The summed E-state index contributed by atoms with van der Waals surface area (Å²) in [5.74, 6) is 0.972. The zero-order valence-corrected chi connectivity index (χ0v) is 14.2. The van der Waals surface area contributed by atoms with Crippen LogP contribution in [-0.2, 0) is 5.75 Å². The normalized spacial score (nSPS) is 12.3. The van der Waals surface area contributed by atoms with Crippen LogP contribution >= 0.6 is 23.4 Å². The first-order valence-electron chi connectivity index (χ1n) is 7.40. The zero-order chi connectivity index (χ0) is 15.1. The van der Waals surface area contributed by atoms with Gasteiger partial charge in [0.1, 0.15) is 0 Å². The third kappa shape index (κ3) is 5.06. The second-order valence-corrected chi connectivity index (χ2v) is 6.59. The Balaban J connectivity index is 1.98. The Morgan fingerprint density at radius 2 is 1.90 bits per heavy atom. The van der Waals surface area contributed by atoms with E-state index in [-0.39, 0.29) is 0 Å². The zero-order valence-electron chi connectivity index (χ0n) is 12.6. The molecule has 2 aromatic rings. The van der Waals surface area contributed by atoms with Crippen molar-refractivity contribution >= 4 is 23.4 Å². The van der Waals surface area contributed by atoms with Gasteiger partial charge in [0.25, 0.3) is 0 Å². The van der Waals surface area contributed by atoms with E-state index >= 15 is 0 Å². The largest absolute Gasteiger partial charge is 0.310 e. The van der Waals surface area contributed by atoms with Crippen molar-refractivity contribution in [3.63, 3.8) is 0 Å². The predicted molar refractivity (Wildman–Crippen MR) is 94.2 cm³/mol. The van der Waals surface area contributed by atoms with Crippen molar-refractivity contribution < 1.29 is 0 Å². The van der Waals surface area contributed by atoms with E-state index in [0.29, 0.717) is 6.04 Å². The maximum atomic E-state index is 6.43. The van der Waals surface area contributed by atoms with Gasteiger partial charge < -0.3 is 5.32 Å². The van der Waals surface area contributed by atoms with Gasteiger partial charge in [-0.2, -0.15) is 0 Å². The van der Waals surface area contributed by atoms with Crippen LogP contribution in [0.25, 0.3) is 0 Å². The Kier molecular flexibility index (Phi) is 6.62. The highest BCUT2D eigenvalue weighted by Gasteiger charge is 2.09. The molecule has 0 aromatic heterocycles. The molecule has 1 N–H and O–H groups in total. The highest BCUT2D eigenvalue weighted by atomic mass is 35.5. The smallest absolute Gasteiger partial charge is 0.0464 e. The molecule has 2 aromatic carbocycles. The molecule has 3 heteroatoms. The van der Waals surface area contributed by atoms with Crippen molar-refractivity contribution in [1.29, 1.82) is 0 Å². The molecule has 0 aliphatic heterocycles.